The molecule has 4 nitrogen and oxygen atoms in total. The van der Waals surface area contributed by atoms with Crippen molar-refractivity contribution in [3.63, 3.8) is 0 Å². The Hall–Kier alpha value is -1.33. The van der Waals surface area contributed by atoms with Crippen molar-refractivity contribution in [1.29, 1.82) is 0 Å². The second kappa shape index (κ2) is 5.35. The van der Waals surface area contributed by atoms with Gasteiger partial charge in [0.1, 0.15) is 0 Å². The van der Waals surface area contributed by atoms with Gasteiger partial charge in [0.25, 0.3) is 5.56 Å². The fourth-order valence-corrected chi connectivity index (χ4v) is 2.94. The molecule has 1 aromatic carbocycles. The summed E-state index contributed by atoms with van der Waals surface area (Å²) in [7, 11) is 1.73. The number of nitrogens with zero attached hydrogens (tertiary/aromatic N) is 2. The Labute approximate surface area is 116 Å². The van der Waals surface area contributed by atoms with Crippen LogP contribution in [0.4, 0.5) is 0 Å². The minimum Gasteiger partial charge on any atom is -0.390 e. The molecule has 1 aromatic heterocycles. The molecule has 0 aliphatic carbocycles. The fourth-order valence-electron chi connectivity index (χ4n) is 1.72. The molecule has 102 valence electrons. The lowest BCUT2D eigenvalue weighted by molar-refractivity contribution is 0.0777. The number of aliphatic hydroxyl groups is 1. The minimum atomic E-state index is -0.692. The molecule has 0 fully saturated rings. The normalized spacial score (nSPS) is 12.0. The Morgan fingerprint density at radius 1 is 1.37 bits per heavy atom. The van der Waals surface area contributed by atoms with Crippen LogP contribution in [0.1, 0.15) is 20.3 Å². The summed E-state index contributed by atoms with van der Waals surface area (Å²) in [5.41, 5.74) is -0.00405. The summed E-state index contributed by atoms with van der Waals surface area (Å²) in [6.45, 7) is 3.56. The van der Waals surface area contributed by atoms with Crippen LogP contribution < -0.4 is 5.56 Å². The van der Waals surface area contributed by atoms with Gasteiger partial charge in [0.15, 0.2) is 5.16 Å². The highest BCUT2D eigenvalue weighted by molar-refractivity contribution is 7.99. The summed E-state index contributed by atoms with van der Waals surface area (Å²) in [6.07, 6.45) is 0.653. The minimum absolute atomic E-state index is 0.0311. The molecule has 19 heavy (non-hydrogen) atoms. The van der Waals surface area contributed by atoms with E-state index in [0.29, 0.717) is 17.0 Å². The molecule has 2 rings (SSSR count). The van der Waals surface area contributed by atoms with Gasteiger partial charge in [-0.15, -0.1) is 0 Å². The number of benzene rings is 1. The van der Waals surface area contributed by atoms with Crippen molar-refractivity contribution < 1.29 is 5.11 Å². The van der Waals surface area contributed by atoms with E-state index >= 15 is 0 Å². The number of para-hydroxylation sites is 1. The van der Waals surface area contributed by atoms with Crippen LogP contribution in [0.15, 0.2) is 34.2 Å². The summed E-state index contributed by atoms with van der Waals surface area (Å²) in [5.74, 6) is 0.724. The van der Waals surface area contributed by atoms with Crippen molar-refractivity contribution in [1.82, 2.24) is 9.55 Å². The lowest BCUT2D eigenvalue weighted by Crippen LogP contribution is -2.21. The van der Waals surface area contributed by atoms with Gasteiger partial charge >= 0.3 is 0 Å². The average Bonchev–Trinajstić information content (AvgIpc) is 2.34. The standard InChI is InChI=1S/C14H18N2O2S/c1-14(2,18)8-9-19-13-15-11-7-5-4-6-10(11)12(17)16(13)3/h4-7,18H,8-9H2,1-3H3. The smallest absolute Gasteiger partial charge is 0.261 e. The summed E-state index contributed by atoms with van der Waals surface area (Å²) in [4.78, 5) is 16.7. The lowest BCUT2D eigenvalue weighted by Gasteiger charge is -2.16. The van der Waals surface area contributed by atoms with E-state index in [0.717, 1.165) is 11.3 Å². The van der Waals surface area contributed by atoms with Crippen molar-refractivity contribution in [3.8, 4) is 0 Å². The zero-order chi connectivity index (χ0) is 14.0. The Morgan fingerprint density at radius 3 is 2.74 bits per heavy atom. The molecular formula is C14H18N2O2S. The molecule has 0 radical (unpaired) electrons. The van der Waals surface area contributed by atoms with Crippen LogP contribution >= 0.6 is 11.8 Å². The van der Waals surface area contributed by atoms with Crippen molar-refractivity contribution >= 4 is 22.7 Å². The van der Waals surface area contributed by atoms with E-state index in [4.69, 9.17) is 0 Å². The third-order valence-corrected chi connectivity index (χ3v) is 3.92. The highest BCUT2D eigenvalue weighted by Gasteiger charge is 2.14. The summed E-state index contributed by atoms with van der Waals surface area (Å²) < 4.78 is 1.57. The number of aromatic nitrogens is 2. The maximum Gasteiger partial charge on any atom is 0.261 e. The van der Waals surface area contributed by atoms with Crippen LogP contribution in [-0.4, -0.2) is 26.0 Å². The first-order valence-electron chi connectivity index (χ1n) is 6.19. The molecule has 0 aliphatic heterocycles. The Balaban J connectivity index is 2.29. The predicted octanol–water partition coefficient (Wildman–Crippen LogP) is 2.19. The molecule has 1 N–H and O–H groups in total. The SMILES string of the molecule is Cn1c(SCCC(C)(C)O)nc2ccccc2c1=O. The second-order valence-electron chi connectivity index (χ2n) is 5.19. The molecule has 0 amide bonds. The fraction of sp³-hybridized carbons (Fsp3) is 0.429. The zero-order valence-corrected chi connectivity index (χ0v) is 12.2. The van der Waals surface area contributed by atoms with E-state index in [1.54, 1.807) is 31.5 Å². The molecular weight excluding hydrogens is 260 g/mol. The Kier molecular flexibility index (Phi) is 3.96. The summed E-state index contributed by atoms with van der Waals surface area (Å²) in [5, 5.41) is 11.0. The van der Waals surface area contributed by atoms with Crippen molar-refractivity contribution in [2.75, 3.05) is 5.75 Å². The van der Waals surface area contributed by atoms with Gasteiger partial charge in [-0.1, -0.05) is 23.9 Å². The summed E-state index contributed by atoms with van der Waals surface area (Å²) >= 11 is 1.49. The van der Waals surface area contributed by atoms with E-state index in [9.17, 15) is 9.90 Å². The first-order valence-corrected chi connectivity index (χ1v) is 7.18. The van der Waals surface area contributed by atoms with Crippen LogP contribution in [-0.2, 0) is 7.05 Å². The van der Waals surface area contributed by atoms with Crippen LogP contribution in [0.25, 0.3) is 10.9 Å². The molecule has 0 unspecified atom stereocenters. The third kappa shape index (κ3) is 3.36. The monoisotopic (exact) mass is 278 g/mol. The maximum atomic E-state index is 12.2. The van der Waals surface area contributed by atoms with Crippen molar-refractivity contribution in [2.45, 2.75) is 31.0 Å². The van der Waals surface area contributed by atoms with Crippen LogP contribution in [0, 0.1) is 0 Å². The van der Waals surface area contributed by atoms with Crippen molar-refractivity contribution in [3.05, 3.63) is 34.6 Å². The highest BCUT2D eigenvalue weighted by Crippen LogP contribution is 2.20. The first-order chi connectivity index (χ1) is 8.88. The number of hydrogen-bond donors (Lipinski definition) is 1. The molecule has 0 spiro atoms. The molecule has 0 bridgehead atoms. The third-order valence-electron chi connectivity index (χ3n) is 2.89. The van der Waals surface area contributed by atoms with Gasteiger partial charge in [0, 0.05) is 12.8 Å². The average molecular weight is 278 g/mol. The van der Waals surface area contributed by atoms with Crippen LogP contribution in [0.5, 0.6) is 0 Å². The van der Waals surface area contributed by atoms with Crippen molar-refractivity contribution in [2.24, 2.45) is 7.05 Å². The summed E-state index contributed by atoms with van der Waals surface area (Å²) in [6, 6.07) is 7.35. The van der Waals surface area contributed by atoms with Crippen LogP contribution in [0.2, 0.25) is 0 Å². The molecule has 0 atom stereocenters. The topological polar surface area (TPSA) is 55.1 Å². The second-order valence-corrected chi connectivity index (χ2v) is 6.25. The van der Waals surface area contributed by atoms with E-state index in [1.165, 1.54) is 11.8 Å². The molecule has 0 saturated heterocycles. The molecule has 0 saturated carbocycles. The number of rotatable bonds is 4. The Bertz CT molecular complexity index is 644. The number of hydrogen-bond acceptors (Lipinski definition) is 4. The largest absolute Gasteiger partial charge is 0.390 e. The maximum absolute atomic E-state index is 12.2. The Morgan fingerprint density at radius 2 is 2.05 bits per heavy atom. The van der Waals surface area contributed by atoms with Gasteiger partial charge in [0.05, 0.1) is 16.5 Å². The lowest BCUT2D eigenvalue weighted by atomic mass is 10.1. The zero-order valence-electron chi connectivity index (χ0n) is 11.4. The van der Waals surface area contributed by atoms with Gasteiger partial charge in [-0.25, -0.2) is 4.98 Å². The predicted molar refractivity (Wildman–Crippen MR) is 78.6 cm³/mol. The quantitative estimate of drug-likeness (QED) is 0.688. The van der Waals surface area contributed by atoms with E-state index < -0.39 is 5.60 Å². The van der Waals surface area contributed by atoms with Gasteiger partial charge in [0.2, 0.25) is 0 Å². The van der Waals surface area contributed by atoms with Gasteiger partial charge < -0.3 is 5.11 Å². The first kappa shape index (κ1) is 14.1. The van der Waals surface area contributed by atoms with Gasteiger partial charge in [-0.05, 0) is 32.4 Å². The number of fused-ring (bicyclic) bond motifs is 1. The molecule has 1 heterocycles. The van der Waals surface area contributed by atoms with Gasteiger partial charge in [-0.2, -0.15) is 0 Å². The molecule has 0 aliphatic rings. The highest BCUT2D eigenvalue weighted by atomic mass is 32.2. The van der Waals surface area contributed by atoms with E-state index in [1.807, 2.05) is 18.2 Å². The van der Waals surface area contributed by atoms with Crippen LogP contribution in [0.3, 0.4) is 0 Å². The molecule has 5 heteroatoms. The number of thioether (sulfide) groups is 1. The van der Waals surface area contributed by atoms with Gasteiger partial charge in [-0.3, -0.25) is 9.36 Å². The van der Waals surface area contributed by atoms with E-state index in [2.05, 4.69) is 4.98 Å². The molecule has 2 aromatic rings. The van der Waals surface area contributed by atoms with E-state index in [-0.39, 0.29) is 5.56 Å².